The quantitative estimate of drug-likeness (QED) is 0.226. The van der Waals surface area contributed by atoms with Crippen molar-refractivity contribution in [2.24, 2.45) is 4.99 Å². The van der Waals surface area contributed by atoms with E-state index in [9.17, 15) is 0 Å². The van der Waals surface area contributed by atoms with Crippen molar-refractivity contribution in [1.29, 1.82) is 0 Å². The van der Waals surface area contributed by atoms with E-state index in [0.29, 0.717) is 0 Å². The van der Waals surface area contributed by atoms with Crippen LogP contribution in [0.5, 0.6) is 0 Å². The van der Waals surface area contributed by atoms with Crippen LogP contribution in [-0.4, -0.2) is 50.5 Å². The molecule has 1 N–H and O–H groups in total. The van der Waals surface area contributed by atoms with Crippen molar-refractivity contribution in [2.75, 3.05) is 34.7 Å². The van der Waals surface area contributed by atoms with Gasteiger partial charge in [-0.15, -0.1) is 30.6 Å². The van der Waals surface area contributed by atoms with Crippen molar-refractivity contribution >= 4 is 29.9 Å². The van der Waals surface area contributed by atoms with Gasteiger partial charge >= 0.3 is 0 Å². The largest absolute Gasteiger partial charge is 0.352 e. The molecular weight excluding hydrogens is 399 g/mol. The summed E-state index contributed by atoms with van der Waals surface area (Å²) in [6.45, 7) is 6.50. The van der Waals surface area contributed by atoms with Crippen LogP contribution in [0.15, 0.2) is 41.9 Å². The molecule has 23 heavy (non-hydrogen) atoms. The first kappa shape index (κ1) is 21.9. The van der Waals surface area contributed by atoms with Gasteiger partial charge < -0.3 is 15.1 Å². The van der Waals surface area contributed by atoms with Crippen molar-refractivity contribution in [3.8, 4) is 0 Å². The Balaban J connectivity index is 0.00000484. The molecule has 0 radical (unpaired) electrons. The zero-order valence-electron chi connectivity index (χ0n) is 14.9. The van der Waals surface area contributed by atoms with Crippen LogP contribution in [0, 0.1) is 0 Å². The Morgan fingerprint density at radius 3 is 2.30 bits per heavy atom. The predicted octanol–water partition coefficient (Wildman–Crippen LogP) is 3.34. The lowest BCUT2D eigenvalue weighted by atomic mass is 10.1. The summed E-state index contributed by atoms with van der Waals surface area (Å²) in [7, 11) is 8.06. The highest BCUT2D eigenvalue weighted by molar-refractivity contribution is 14.0. The third kappa shape index (κ3) is 8.95. The van der Waals surface area contributed by atoms with Gasteiger partial charge in [-0.3, -0.25) is 4.99 Å². The van der Waals surface area contributed by atoms with Crippen LogP contribution in [0.3, 0.4) is 0 Å². The first-order chi connectivity index (χ1) is 10.6. The van der Waals surface area contributed by atoms with E-state index in [0.717, 1.165) is 38.4 Å². The van der Waals surface area contributed by atoms with E-state index >= 15 is 0 Å². The number of hydrogen-bond acceptors (Lipinski definition) is 2. The number of allylic oxidation sites excluding steroid dienone is 1. The Hall–Kier alpha value is -1.08. The molecule has 4 nitrogen and oxygen atoms in total. The summed E-state index contributed by atoms with van der Waals surface area (Å²) in [5, 5.41) is 3.41. The number of nitrogens with zero attached hydrogens (tertiary/aromatic N) is 3. The third-order valence-electron chi connectivity index (χ3n) is 3.45. The van der Waals surface area contributed by atoms with Gasteiger partial charge in [0.05, 0.1) is 0 Å². The average Bonchev–Trinajstić information content (AvgIpc) is 2.49. The highest BCUT2D eigenvalue weighted by atomic mass is 127. The van der Waals surface area contributed by atoms with Crippen molar-refractivity contribution in [1.82, 2.24) is 15.1 Å². The van der Waals surface area contributed by atoms with E-state index in [4.69, 9.17) is 0 Å². The molecule has 5 heteroatoms. The standard InChI is InChI=1S/C18H30N4.HI/c1-6-7-8-13-22(5)18(19-2)20-14-16-9-11-17(12-10-16)15-21(3)4;/h6,9-12H,1,7-8,13-15H2,2-5H3,(H,19,20);1H. The van der Waals surface area contributed by atoms with E-state index in [1.54, 1.807) is 0 Å². The molecule has 1 rings (SSSR count). The molecule has 1 aromatic rings. The fourth-order valence-corrected chi connectivity index (χ4v) is 2.27. The van der Waals surface area contributed by atoms with Crippen LogP contribution < -0.4 is 5.32 Å². The van der Waals surface area contributed by atoms with E-state index in [1.807, 2.05) is 13.1 Å². The molecule has 0 aliphatic carbocycles. The van der Waals surface area contributed by atoms with E-state index < -0.39 is 0 Å². The molecule has 0 aliphatic heterocycles. The van der Waals surface area contributed by atoms with Gasteiger partial charge in [-0.1, -0.05) is 30.3 Å². The molecule has 130 valence electrons. The van der Waals surface area contributed by atoms with E-state index in [2.05, 4.69) is 72.1 Å². The molecule has 0 fully saturated rings. The molecule has 0 saturated heterocycles. The normalized spacial score (nSPS) is 11.1. The number of rotatable bonds is 8. The summed E-state index contributed by atoms with van der Waals surface area (Å²) in [5.74, 6) is 0.932. The van der Waals surface area contributed by atoms with E-state index in [-0.39, 0.29) is 24.0 Å². The zero-order valence-corrected chi connectivity index (χ0v) is 17.2. The molecule has 0 aromatic heterocycles. The fourth-order valence-electron chi connectivity index (χ4n) is 2.27. The van der Waals surface area contributed by atoms with Gasteiger partial charge in [0.1, 0.15) is 0 Å². The number of unbranched alkanes of at least 4 members (excludes halogenated alkanes) is 1. The highest BCUT2D eigenvalue weighted by Gasteiger charge is 2.05. The summed E-state index contributed by atoms with van der Waals surface area (Å²) < 4.78 is 0. The highest BCUT2D eigenvalue weighted by Crippen LogP contribution is 2.06. The minimum Gasteiger partial charge on any atom is -0.352 e. The minimum absolute atomic E-state index is 0. The van der Waals surface area contributed by atoms with Gasteiger partial charge in [0.15, 0.2) is 5.96 Å². The molecule has 0 amide bonds. The predicted molar refractivity (Wildman–Crippen MR) is 112 cm³/mol. The van der Waals surface area contributed by atoms with Crippen LogP contribution in [-0.2, 0) is 13.1 Å². The topological polar surface area (TPSA) is 30.9 Å². The minimum atomic E-state index is 0. The molecule has 0 heterocycles. The number of nitrogens with one attached hydrogen (secondary N) is 1. The molecule has 0 aliphatic rings. The third-order valence-corrected chi connectivity index (χ3v) is 3.45. The number of hydrogen-bond donors (Lipinski definition) is 1. The van der Waals surface area contributed by atoms with Crippen LogP contribution >= 0.6 is 24.0 Å². The number of aliphatic imine (C=N–C) groups is 1. The van der Waals surface area contributed by atoms with Crippen LogP contribution in [0.1, 0.15) is 24.0 Å². The molecule has 0 bridgehead atoms. The molecule has 1 aromatic carbocycles. The van der Waals surface area contributed by atoms with Crippen LogP contribution in [0.2, 0.25) is 0 Å². The Morgan fingerprint density at radius 2 is 1.78 bits per heavy atom. The second-order valence-electron chi connectivity index (χ2n) is 5.81. The molecule has 0 saturated carbocycles. The fraction of sp³-hybridized carbons (Fsp3) is 0.500. The van der Waals surface area contributed by atoms with Gasteiger partial charge in [-0.05, 0) is 38.1 Å². The summed E-state index contributed by atoms with van der Waals surface area (Å²) in [6.07, 6.45) is 4.09. The first-order valence-electron chi connectivity index (χ1n) is 7.82. The van der Waals surface area contributed by atoms with E-state index in [1.165, 1.54) is 11.1 Å². The molecule has 0 atom stereocenters. The van der Waals surface area contributed by atoms with Crippen molar-refractivity contribution in [3.63, 3.8) is 0 Å². The summed E-state index contributed by atoms with van der Waals surface area (Å²) in [6, 6.07) is 8.73. The number of halogens is 1. The molecular formula is C18H31IN4. The van der Waals surface area contributed by atoms with Crippen LogP contribution in [0.25, 0.3) is 0 Å². The van der Waals surface area contributed by atoms with Crippen molar-refractivity contribution in [3.05, 3.63) is 48.0 Å². The Bertz CT molecular complexity index is 468. The number of guanidine groups is 1. The summed E-state index contributed by atoms with van der Waals surface area (Å²) >= 11 is 0. The summed E-state index contributed by atoms with van der Waals surface area (Å²) in [5.41, 5.74) is 2.60. The Morgan fingerprint density at radius 1 is 1.17 bits per heavy atom. The lowest BCUT2D eigenvalue weighted by Crippen LogP contribution is -2.38. The SMILES string of the molecule is C=CCCCN(C)C(=NC)NCc1ccc(CN(C)C)cc1.I. The Labute approximate surface area is 158 Å². The maximum atomic E-state index is 4.34. The lowest BCUT2D eigenvalue weighted by Gasteiger charge is -2.22. The van der Waals surface area contributed by atoms with Gasteiger partial charge in [0.25, 0.3) is 0 Å². The zero-order chi connectivity index (χ0) is 16.4. The number of benzene rings is 1. The first-order valence-corrected chi connectivity index (χ1v) is 7.82. The monoisotopic (exact) mass is 430 g/mol. The van der Waals surface area contributed by atoms with Gasteiger partial charge in [-0.25, -0.2) is 0 Å². The maximum absolute atomic E-state index is 4.34. The Kier molecular flexibility index (Phi) is 11.8. The van der Waals surface area contributed by atoms with Crippen LogP contribution in [0.4, 0.5) is 0 Å². The molecule has 0 spiro atoms. The van der Waals surface area contributed by atoms with Crippen molar-refractivity contribution < 1.29 is 0 Å². The second-order valence-corrected chi connectivity index (χ2v) is 5.81. The maximum Gasteiger partial charge on any atom is 0.193 e. The van der Waals surface area contributed by atoms with Gasteiger partial charge in [0, 0.05) is 33.7 Å². The van der Waals surface area contributed by atoms with Gasteiger partial charge in [-0.2, -0.15) is 0 Å². The smallest absolute Gasteiger partial charge is 0.193 e. The molecule has 0 unspecified atom stereocenters. The van der Waals surface area contributed by atoms with Crippen molar-refractivity contribution in [2.45, 2.75) is 25.9 Å². The average molecular weight is 430 g/mol. The second kappa shape index (κ2) is 12.4. The lowest BCUT2D eigenvalue weighted by molar-refractivity contribution is 0.402. The summed E-state index contributed by atoms with van der Waals surface area (Å²) in [4.78, 5) is 8.67. The van der Waals surface area contributed by atoms with Gasteiger partial charge in [0.2, 0.25) is 0 Å².